The smallest absolute Gasteiger partial charge is 0.316 e. The molecule has 0 radical (unpaired) electrons. The van der Waals surface area contributed by atoms with Gasteiger partial charge in [-0.05, 0) is 18.9 Å². The lowest BCUT2D eigenvalue weighted by Gasteiger charge is -2.25. The highest BCUT2D eigenvalue weighted by atomic mass is 16.5. The molecule has 1 fully saturated rings. The number of rotatable bonds is 3. The van der Waals surface area contributed by atoms with Gasteiger partial charge in [0.15, 0.2) is 0 Å². The largest absolute Gasteiger partial charge is 0.467 e. The van der Waals surface area contributed by atoms with Gasteiger partial charge >= 0.3 is 6.01 Å². The summed E-state index contributed by atoms with van der Waals surface area (Å²) in [5.74, 6) is 0.595. The van der Waals surface area contributed by atoms with E-state index in [0.717, 1.165) is 11.4 Å². The van der Waals surface area contributed by atoms with Crippen LogP contribution in [-0.4, -0.2) is 17.1 Å². The average Bonchev–Trinajstić information content (AvgIpc) is 2.14. The van der Waals surface area contributed by atoms with E-state index in [4.69, 9.17) is 10.5 Å². The van der Waals surface area contributed by atoms with Gasteiger partial charge in [0.05, 0.1) is 18.5 Å². The number of nitrogens with zero attached hydrogens (tertiary/aromatic N) is 2. The van der Waals surface area contributed by atoms with Crippen LogP contribution < -0.4 is 10.5 Å². The van der Waals surface area contributed by atoms with Crippen LogP contribution in [0.3, 0.4) is 0 Å². The molecule has 1 saturated carbocycles. The quantitative estimate of drug-likeness (QED) is 0.783. The predicted molar refractivity (Wildman–Crippen MR) is 53.1 cm³/mol. The number of hydrogen-bond acceptors (Lipinski definition) is 4. The van der Waals surface area contributed by atoms with Gasteiger partial charge in [-0.15, -0.1) is 0 Å². The van der Waals surface area contributed by atoms with E-state index in [1.807, 2.05) is 6.07 Å². The Morgan fingerprint density at radius 1 is 1.50 bits per heavy atom. The fourth-order valence-electron chi connectivity index (χ4n) is 1.60. The molecule has 0 unspecified atom stereocenters. The summed E-state index contributed by atoms with van der Waals surface area (Å²) in [5, 5.41) is 0. The summed E-state index contributed by atoms with van der Waals surface area (Å²) in [6.45, 7) is 0.443. The van der Waals surface area contributed by atoms with E-state index >= 15 is 0 Å². The normalized spacial score (nSPS) is 16.4. The summed E-state index contributed by atoms with van der Waals surface area (Å²) in [4.78, 5) is 8.49. The molecule has 0 spiro atoms. The fraction of sp³-hybridized carbons (Fsp3) is 0.600. The first-order chi connectivity index (χ1) is 6.83. The van der Waals surface area contributed by atoms with Gasteiger partial charge in [-0.3, -0.25) is 0 Å². The number of aromatic nitrogens is 2. The maximum Gasteiger partial charge on any atom is 0.316 e. The van der Waals surface area contributed by atoms with Crippen LogP contribution in [0.1, 0.15) is 36.6 Å². The highest BCUT2D eigenvalue weighted by Crippen LogP contribution is 2.35. The van der Waals surface area contributed by atoms with E-state index in [1.165, 1.54) is 19.3 Å². The van der Waals surface area contributed by atoms with Gasteiger partial charge in [-0.25, -0.2) is 0 Å². The molecular weight excluding hydrogens is 178 g/mol. The first-order valence-corrected chi connectivity index (χ1v) is 4.95. The second-order valence-corrected chi connectivity index (χ2v) is 3.60. The van der Waals surface area contributed by atoms with Gasteiger partial charge in [0.25, 0.3) is 0 Å². The van der Waals surface area contributed by atoms with Crippen molar-refractivity contribution in [3.8, 4) is 6.01 Å². The first kappa shape index (κ1) is 9.40. The van der Waals surface area contributed by atoms with E-state index in [1.54, 1.807) is 7.11 Å². The molecule has 76 valence electrons. The molecule has 1 aromatic heterocycles. The van der Waals surface area contributed by atoms with Crippen LogP contribution in [0.2, 0.25) is 0 Å². The zero-order valence-electron chi connectivity index (χ0n) is 8.36. The van der Waals surface area contributed by atoms with Gasteiger partial charge in [-0.1, -0.05) is 6.42 Å². The minimum Gasteiger partial charge on any atom is -0.467 e. The van der Waals surface area contributed by atoms with Crippen molar-refractivity contribution in [1.82, 2.24) is 9.97 Å². The highest BCUT2D eigenvalue weighted by Gasteiger charge is 2.22. The van der Waals surface area contributed by atoms with Crippen LogP contribution in [0.5, 0.6) is 6.01 Å². The molecule has 1 aliphatic rings. The molecule has 1 aromatic rings. The van der Waals surface area contributed by atoms with Crippen molar-refractivity contribution in [2.24, 2.45) is 5.73 Å². The van der Waals surface area contributed by atoms with E-state index in [2.05, 4.69) is 9.97 Å². The number of hydrogen-bond donors (Lipinski definition) is 1. The minimum atomic E-state index is 0.440. The molecule has 2 rings (SSSR count). The molecular formula is C10H15N3O. The third-order valence-electron chi connectivity index (χ3n) is 2.69. The Kier molecular flexibility index (Phi) is 2.63. The predicted octanol–water partition coefficient (Wildman–Crippen LogP) is 1.21. The molecule has 14 heavy (non-hydrogen) atoms. The molecule has 1 heterocycles. The molecule has 0 bridgehead atoms. The van der Waals surface area contributed by atoms with E-state index < -0.39 is 0 Å². The molecule has 0 aliphatic heterocycles. The minimum absolute atomic E-state index is 0.440. The van der Waals surface area contributed by atoms with Crippen molar-refractivity contribution in [2.75, 3.05) is 7.11 Å². The van der Waals surface area contributed by atoms with Crippen molar-refractivity contribution in [2.45, 2.75) is 31.7 Å². The summed E-state index contributed by atoms with van der Waals surface area (Å²) >= 11 is 0. The van der Waals surface area contributed by atoms with Gasteiger partial charge in [0, 0.05) is 12.5 Å². The lowest BCUT2D eigenvalue weighted by atomic mass is 9.82. The topological polar surface area (TPSA) is 61.0 Å². The van der Waals surface area contributed by atoms with Crippen LogP contribution in [0, 0.1) is 0 Å². The molecule has 4 nitrogen and oxygen atoms in total. The Labute approximate surface area is 83.5 Å². The van der Waals surface area contributed by atoms with Gasteiger partial charge in [0.1, 0.15) is 0 Å². The van der Waals surface area contributed by atoms with E-state index in [9.17, 15) is 0 Å². The number of ether oxygens (including phenoxy) is 1. The Balaban J connectivity index is 2.28. The zero-order chi connectivity index (χ0) is 9.97. The Hall–Kier alpha value is -1.16. The third kappa shape index (κ3) is 1.70. The first-order valence-electron chi connectivity index (χ1n) is 4.95. The third-order valence-corrected chi connectivity index (χ3v) is 2.69. The molecule has 4 heteroatoms. The van der Waals surface area contributed by atoms with E-state index in [0.29, 0.717) is 18.5 Å². The van der Waals surface area contributed by atoms with Crippen molar-refractivity contribution in [3.05, 3.63) is 17.5 Å². The Morgan fingerprint density at radius 2 is 2.29 bits per heavy atom. The van der Waals surface area contributed by atoms with Crippen LogP contribution in [0.4, 0.5) is 0 Å². The number of nitrogens with two attached hydrogens (primary N) is 1. The SMILES string of the molecule is COc1nc(CN)cc(C2CCC2)n1. The second kappa shape index (κ2) is 3.92. The molecule has 0 saturated heterocycles. The van der Waals surface area contributed by atoms with Crippen molar-refractivity contribution >= 4 is 0 Å². The summed E-state index contributed by atoms with van der Waals surface area (Å²) in [5.41, 5.74) is 7.50. The fourth-order valence-corrected chi connectivity index (χ4v) is 1.60. The lowest BCUT2D eigenvalue weighted by molar-refractivity contribution is 0.362. The summed E-state index contributed by atoms with van der Waals surface area (Å²) in [7, 11) is 1.58. The van der Waals surface area contributed by atoms with Gasteiger partial charge in [-0.2, -0.15) is 9.97 Å². The summed E-state index contributed by atoms with van der Waals surface area (Å²) in [6, 6.07) is 2.43. The zero-order valence-corrected chi connectivity index (χ0v) is 8.36. The molecule has 2 N–H and O–H groups in total. The molecule has 0 atom stereocenters. The Morgan fingerprint density at radius 3 is 2.79 bits per heavy atom. The molecule has 0 aromatic carbocycles. The lowest BCUT2D eigenvalue weighted by Crippen LogP contribution is -2.13. The highest BCUT2D eigenvalue weighted by molar-refractivity contribution is 5.18. The second-order valence-electron chi connectivity index (χ2n) is 3.60. The van der Waals surface area contributed by atoms with Crippen LogP contribution in [0.25, 0.3) is 0 Å². The average molecular weight is 193 g/mol. The van der Waals surface area contributed by atoms with Gasteiger partial charge in [0.2, 0.25) is 0 Å². The molecule has 0 amide bonds. The van der Waals surface area contributed by atoms with E-state index in [-0.39, 0.29) is 0 Å². The standard InChI is InChI=1S/C10H15N3O/c1-14-10-12-8(6-11)5-9(13-10)7-3-2-4-7/h5,7H,2-4,6,11H2,1H3. The van der Waals surface area contributed by atoms with Crippen LogP contribution in [-0.2, 0) is 6.54 Å². The van der Waals surface area contributed by atoms with Crippen molar-refractivity contribution in [1.29, 1.82) is 0 Å². The Bertz CT molecular complexity index is 301. The summed E-state index contributed by atoms with van der Waals surface area (Å²) < 4.78 is 5.04. The van der Waals surface area contributed by atoms with Crippen molar-refractivity contribution < 1.29 is 4.74 Å². The van der Waals surface area contributed by atoms with Crippen LogP contribution >= 0.6 is 0 Å². The van der Waals surface area contributed by atoms with Gasteiger partial charge < -0.3 is 10.5 Å². The number of methoxy groups -OCH3 is 1. The van der Waals surface area contributed by atoms with Crippen LogP contribution in [0.15, 0.2) is 6.07 Å². The van der Waals surface area contributed by atoms with Crippen molar-refractivity contribution in [3.63, 3.8) is 0 Å². The molecule has 1 aliphatic carbocycles. The monoisotopic (exact) mass is 193 g/mol. The maximum atomic E-state index is 5.56. The summed E-state index contributed by atoms with van der Waals surface area (Å²) in [6.07, 6.45) is 3.75. The maximum absolute atomic E-state index is 5.56.